The number of esters is 1. The molecular formula is C22H29NO3. The minimum atomic E-state index is -0.210. The molecule has 0 aromatic heterocycles. The molecule has 140 valence electrons. The Labute approximate surface area is 155 Å². The summed E-state index contributed by atoms with van der Waals surface area (Å²) in [6.45, 7) is 3.83. The molecule has 0 heterocycles. The molecule has 4 aliphatic rings. The molecule has 4 saturated carbocycles. The summed E-state index contributed by atoms with van der Waals surface area (Å²) in [5, 5.41) is 3.13. The average Bonchev–Trinajstić information content (AvgIpc) is 2.61. The predicted molar refractivity (Wildman–Crippen MR) is 101 cm³/mol. The van der Waals surface area contributed by atoms with E-state index in [-0.39, 0.29) is 23.2 Å². The van der Waals surface area contributed by atoms with Gasteiger partial charge in [0.2, 0.25) is 5.91 Å². The number of rotatable bonds is 5. The zero-order valence-corrected chi connectivity index (χ0v) is 15.8. The van der Waals surface area contributed by atoms with Crippen LogP contribution in [0, 0.1) is 29.1 Å². The van der Waals surface area contributed by atoms with Gasteiger partial charge in [-0.3, -0.25) is 9.59 Å². The minimum Gasteiger partial charge on any atom is -0.426 e. The molecular weight excluding hydrogens is 326 g/mol. The molecule has 0 radical (unpaired) electrons. The van der Waals surface area contributed by atoms with Gasteiger partial charge in [0.25, 0.3) is 0 Å². The lowest BCUT2D eigenvalue weighted by Gasteiger charge is -2.55. The summed E-state index contributed by atoms with van der Waals surface area (Å²) in [6.07, 6.45) is 7.96. The molecule has 1 aromatic rings. The molecule has 0 saturated heterocycles. The molecule has 1 atom stereocenters. The van der Waals surface area contributed by atoms with E-state index in [1.54, 1.807) is 12.1 Å². The Morgan fingerprint density at radius 1 is 1.08 bits per heavy atom. The van der Waals surface area contributed by atoms with Crippen LogP contribution in [-0.4, -0.2) is 11.9 Å². The van der Waals surface area contributed by atoms with E-state index in [4.69, 9.17) is 4.74 Å². The summed E-state index contributed by atoms with van der Waals surface area (Å²) in [6, 6.07) is 7.18. The van der Waals surface area contributed by atoms with E-state index in [9.17, 15) is 9.59 Å². The van der Waals surface area contributed by atoms with Crippen LogP contribution in [0.1, 0.15) is 58.8 Å². The zero-order chi connectivity index (χ0) is 18.3. The number of benzene rings is 1. The molecule has 1 unspecified atom stereocenters. The lowest BCUT2D eigenvalue weighted by molar-refractivity contribution is -0.140. The second-order valence-corrected chi connectivity index (χ2v) is 8.91. The summed E-state index contributed by atoms with van der Waals surface area (Å²) in [7, 11) is 0. The van der Waals surface area contributed by atoms with Gasteiger partial charge in [0.05, 0.1) is 11.3 Å². The third kappa shape index (κ3) is 3.26. The van der Waals surface area contributed by atoms with Crippen LogP contribution in [0.3, 0.4) is 0 Å². The first-order valence-corrected chi connectivity index (χ1v) is 10.1. The van der Waals surface area contributed by atoms with Gasteiger partial charge in [0.1, 0.15) is 5.75 Å². The highest BCUT2D eigenvalue weighted by Gasteiger charge is 2.54. The van der Waals surface area contributed by atoms with E-state index in [0.29, 0.717) is 5.75 Å². The SMILES string of the molecule is CCC(C)C(=O)Oc1ccc(NC(=O)C23CC4CC(CC(C4)C2)C3)cc1. The normalized spacial score (nSPS) is 32.9. The summed E-state index contributed by atoms with van der Waals surface area (Å²) in [5.41, 5.74) is 0.644. The lowest BCUT2D eigenvalue weighted by Crippen LogP contribution is -2.51. The van der Waals surface area contributed by atoms with Crippen molar-refractivity contribution in [1.29, 1.82) is 0 Å². The standard InChI is InChI=1S/C22H29NO3/c1-3-14(2)20(24)26-19-6-4-18(5-7-19)23-21(25)22-11-15-8-16(12-22)10-17(9-15)13-22/h4-7,14-17H,3,8-13H2,1-2H3,(H,23,25). The zero-order valence-electron chi connectivity index (χ0n) is 15.8. The topological polar surface area (TPSA) is 55.4 Å². The van der Waals surface area contributed by atoms with Gasteiger partial charge < -0.3 is 10.1 Å². The second kappa shape index (κ2) is 6.71. The minimum absolute atomic E-state index is 0.106. The molecule has 4 aliphatic carbocycles. The average molecular weight is 355 g/mol. The van der Waals surface area contributed by atoms with Crippen molar-refractivity contribution in [2.24, 2.45) is 29.1 Å². The Morgan fingerprint density at radius 3 is 2.12 bits per heavy atom. The van der Waals surface area contributed by atoms with Crippen molar-refractivity contribution < 1.29 is 14.3 Å². The smallest absolute Gasteiger partial charge is 0.314 e. The van der Waals surface area contributed by atoms with Crippen LogP contribution in [0.5, 0.6) is 5.75 Å². The first-order valence-electron chi connectivity index (χ1n) is 10.1. The van der Waals surface area contributed by atoms with E-state index < -0.39 is 0 Å². The van der Waals surface area contributed by atoms with Crippen molar-refractivity contribution in [2.75, 3.05) is 5.32 Å². The van der Waals surface area contributed by atoms with Crippen molar-refractivity contribution >= 4 is 17.6 Å². The predicted octanol–water partition coefficient (Wildman–Crippen LogP) is 4.79. The van der Waals surface area contributed by atoms with E-state index in [1.807, 2.05) is 26.0 Å². The number of anilines is 1. The highest BCUT2D eigenvalue weighted by Crippen LogP contribution is 2.60. The summed E-state index contributed by atoms with van der Waals surface area (Å²) >= 11 is 0. The maximum atomic E-state index is 13.1. The third-order valence-corrected chi connectivity index (χ3v) is 6.87. The van der Waals surface area contributed by atoms with Crippen LogP contribution in [0.2, 0.25) is 0 Å². The third-order valence-electron chi connectivity index (χ3n) is 6.87. The van der Waals surface area contributed by atoms with Gasteiger partial charge in [-0.2, -0.15) is 0 Å². The summed E-state index contributed by atoms with van der Waals surface area (Å²) in [5.74, 6) is 2.69. The van der Waals surface area contributed by atoms with Crippen LogP contribution >= 0.6 is 0 Å². The van der Waals surface area contributed by atoms with Gasteiger partial charge in [-0.1, -0.05) is 13.8 Å². The van der Waals surface area contributed by atoms with Crippen LogP contribution in [0.4, 0.5) is 5.69 Å². The molecule has 4 nitrogen and oxygen atoms in total. The van der Waals surface area contributed by atoms with Crippen molar-refractivity contribution in [3.63, 3.8) is 0 Å². The molecule has 1 aromatic carbocycles. The van der Waals surface area contributed by atoms with Crippen LogP contribution in [0.15, 0.2) is 24.3 Å². The van der Waals surface area contributed by atoms with Gasteiger partial charge in [-0.05, 0) is 87.0 Å². The monoisotopic (exact) mass is 355 g/mol. The number of hydrogen-bond acceptors (Lipinski definition) is 3. The maximum Gasteiger partial charge on any atom is 0.314 e. The van der Waals surface area contributed by atoms with Gasteiger partial charge in [0, 0.05) is 5.69 Å². The van der Waals surface area contributed by atoms with Crippen molar-refractivity contribution in [3.05, 3.63) is 24.3 Å². The molecule has 0 spiro atoms. The molecule has 4 fully saturated rings. The van der Waals surface area contributed by atoms with Crippen LogP contribution < -0.4 is 10.1 Å². The fraction of sp³-hybridized carbons (Fsp3) is 0.636. The number of amides is 1. The molecule has 0 aliphatic heterocycles. The Balaban J connectivity index is 1.40. The maximum absolute atomic E-state index is 13.1. The van der Waals surface area contributed by atoms with E-state index in [0.717, 1.165) is 49.1 Å². The Bertz CT molecular complexity index is 659. The molecule has 26 heavy (non-hydrogen) atoms. The molecule has 5 rings (SSSR count). The Kier molecular flexibility index (Phi) is 4.54. The first kappa shape index (κ1) is 17.6. The lowest BCUT2D eigenvalue weighted by atomic mass is 9.49. The van der Waals surface area contributed by atoms with Crippen molar-refractivity contribution in [1.82, 2.24) is 0 Å². The largest absolute Gasteiger partial charge is 0.426 e. The van der Waals surface area contributed by atoms with Gasteiger partial charge >= 0.3 is 5.97 Å². The first-order chi connectivity index (χ1) is 12.5. The van der Waals surface area contributed by atoms with Gasteiger partial charge in [0.15, 0.2) is 0 Å². The number of carbonyl (C=O) groups excluding carboxylic acids is 2. The molecule has 4 bridgehead atoms. The fourth-order valence-electron chi connectivity index (χ4n) is 5.64. The van der Waals surface area contributed by atoms with Crippen molar-refractivity contribution in [3.8, 4) is 5.75 Å². The highest BCUT2D eigenvalue weighted by molar-refractivity contribution is 5.95. The molecule has 1 N–H and O–H groups in total. The van der Waals surface area contributed by atoms with Gasteiger partial charge in [-0.25, -0.2) is 0 Å². The highest BCUT2D eigenvalue weighted by atomic mass is 16.5. The quantitative estimate of drug-likeness (QED) is 0.610. The van der Waals surface area contributed by atoms with Crippen LogP contribution in [0.25, 0.3) is 0 Å². The Hall–Kier alpha value is -1.84. The van der Waals surface area contributed by atoms with E-state index in [2.05, 4.69) is 5.32 Å². The Morgan fingerprint density at radius 2 is 1.62 bits per heavy atom. The molecule has 1 amide bonds. The fourth-order valence-corrected chi connectivity index (χ4v) is 5.64. The molecule has 4 heteroatoms. The summed E-state index contributed by atoms with van der Waals surface area (Å²) in [4.78, 5) is 24.9. The van der Waals surface area contributed by atoms with E-state index >= 15 is 0 Å². The summed E-state index contributed by atoms with van der Waals surface area (Å²) < 4.78 is 5.38. The van der Waals surface area contributed by atoms with E-state index in [1.165, 1.54) is 19.3 Å². The van der Waals surface area contributed by atoms with Crippen molar-refractivity contribution in [2.45, 2.75) is 58.8 Å². The second-order valence-electron chi connectivity index (χ2n) is 8.91. The van der Waals surface area contributed by atoms with Gasteiger partial charge in [-0.15, -0.1) is 0 Å². The number of carbonyl (C=O) groups is 2. The number of ether oxygens (including phenoxy) is 1. The number of hydrogen-bond donors (Lipinski definition) is 1. The number of nitrogens with one attached hydrogen (secondary N) is 1. The van der Waals surface area contributed by atoms with Crippen LogP contribution in [-0.2, 0) is 9.59 Å².